The van der Waals surface area contributed by atoms with Crippen molar-refractivity contribution in [3.05, 3.63) is 0 Å². The van der Waals surface area contributed by atoms with Crippen molar-refractivity contribution >= 4 is 31.7 Å². The molecule has 0 aromatic carbocycles. The maximum Gasteiger partial charge on any atom is 0.226 e. The van der Waals surface area contributed by atoms with E-state index in [4.69, 9.17) is 4.74 Å². The van der Waals surface area contributed by atoms with Crippen molar-refractivity contribution in [2.45, 2.75) is 12.5 Å². The number of rotatable bonds is 2. The van der Waals surface area contributed by atoms with Crippen molar-refractivity contribution in [1.82, 2.24) is 4.90 Å². The van der Waals surface area contributed by atoms with Crippen LogP contribution in [-0.4, -0.2) is 61.9 Å². The Morgan fingerprint density at radius 3 is 2.82 bits per heavy atom. The molecular formula is C10H16BrNO4S. The molecule has 0 saturated carbocycles. The standard InChI is InChI=1S/C10H16BrNO4S/c11-5-9-6-12(2-3-16-9)10(13)8-1-4-17(14,15)7-8/h8-9H,1-7H2. The molecule has 0 N–H and O–H groups in total. The third-order valence-electron chi connectivity index (χ3n) is 3.20. The highest BCUT2D eigenvalue weighted by molar-refractivity contribution is 9.09. The van der Waals surface area contributed by atoms with Gasteiger partial charge in [-0.25, -0.2) is 8.42 Å². The van der Waals surface area contributed by atoms with Gasteiger partial charge in [0.05, 0.1) is 30.1 Å². The number of ether oxygens (including phenoxy) is 1. The topological polar surface area (TPSA) is 63.7 Å². The number of amides is 1. The van der Waals surface area contributed by atoms with E-state index in [0.717, 1.165) is 0 Å². The van der Waals surface area contributed by atoms with Crippen molar-refractivity contribution in [3.8, 4) is 0 Å². The lowest BCUT2D eigenvalue weighted by Crippen LogP contribution is -2.48. The summed E-state index contributed by atoms with van der Waals surface area (Å²) in [6.45, 7) is 1.65. The highest BCUT2D eigenvalue weighted by atomic mass is 79.9. The average Bonchev–Trinajstić information content (AvgIpc) is 2.69. The molecule has 0 radical (unpaired) electrons. The molecule has 7 heteroatoms. The first-order valence-corrected chi connectivity index (χ1v) is 8.63. The Bertz CT molecular complexity index is 397. The molecular weight excluding hydrogens is 310 g/mol. The summed E-state index contributed by atoms with van der Waals surface area (Å²) in [5.74, 6) is -0.202. The van der Waals surface area contributed by atoms with E-state index in [0.29, 0.717) is 31.4 Å². The molecule has 2 fully saturated rings. The Balaban J connectivity index is 1.96. The Morgan fingerprint density at radius 2 is 2.24 bits per heavy atom. The van der Waals surface area contributed by atoms with Gasteiger partial charge in [0.15, 0.2) is 9.84 Å². The van der Waals surface area contributed by atoms with Crippen molar-refractivity contribution < 1.29 is 17.9 Å². The summed E-state index contributed by atoms with van der Waals surface area (Å²) in [7, 11) is -2.99. The Hall–Kier alpha value is -0.140. The van der Waals surface area contributed by atoms with Crippen molar-refractivity contribution in [2.75, 3.05) is 36.5 Å². The van der Waals surface area contributed by atoms with Gasteiger partial charge < -0.3 is 9.64 Å². The average molecular weight is 326 g/mol. The summed E-state index contributed by atoms with van der Waals surface area (Å²) in [6, 6.07) is 0. The molecule has 2 saturated heterocycles. The zero-order chi connectivity index (χ0) is 12.5. The summed E-state index contributed by atoms with van der Waals surface area (Å²) >= 11 is 3.33. The molecule has 5 nitrogen and oxygen atoms in total. The van der Waals surface area contributed by atoms with Crippen molar-refractivity contribution in [3.63, 3.8) is 0 Å². The molecule has 0 bridgehead atoms. The number of sulfone groups is 1. The zero-order valence-electron chi connectivity index (χ0n) is 9.47. The molecule has 2 atom stereocenters. The molecule has 2 rings (SSSR count). The van der Waals surface area contributed by atoms with E-state index in [1.54, 1.807) is 4.90 Å². The molecule has 17 heavy (non-hydrogen) atoms. The third-order valence-corrected chi connectivity index (χ3v) is 5.69. The van der Waals surface area contributed by atoms with Crippen LogP contribution in [0.2, 0.25) is 0 Å². The second-order valence-corrected chi connectivity index (χ2v) is 7.41. The second kappa shape index (κ2) is 5.24. The highest BCUT2D eigenvalue weighted by Crippen LogP contribution is 2.22. The van der Waals surface area contributed by atoms with Gasteiger partial charge in [-0.3, -0.25) is 4.79 Å². The predicted molar refractivity (Wildman–Crippen MR) is 66.9 cm³/mol. The van der Waals surface area contributed by atoms with Gasteiger partial charge in [-0.2, -0.15) is 0 Å². The Morgan fingerprint density at radius 1 is 1.47 bits per heavy atom. The lowest BCUT2D eigenvalue weighted by atomic mass is 10.1. The third kappa shape index (κ3) is 3.20. The molecule has 2 aliphatic rings. The number of carbonyl (C=O) groups excluding carboxylic acids is 1. The van der Waals surface area contributed by atoms with Crippen LogP contribution < -0.4 is 0 Å². The minimum absolute atomic E-state index is 0.0160. The van der Waals surface area contributed by atoms with Gasteiger partial charge in [-0.05, 0) is 6.42 Å². The van der Waals surface area contributed by atoms with Crippen LogP contribution in [0.3, 0.4) is 0 Å². The first-order chi connectivity index (χ1) is 8.02. The minimum Gasteiger partial charge on any atom is -0.374 e. The van der Waals surface area contributed by atoms with E-state index in [-0.39, 0.29) is 29.4 Å². The smallest absolute Gasteiger partial charge is 0.226 e. The number of hydrogen-bond donors (Lipinski definition) is 0. The molecule has 0 aromatic rings. The van der Waals surface area contributed by atoms with E-state index in [2.05, 4.69) is 15.9 Å². The fourth-order valence-corrected chi connectivity index (χ4v) is 4.39. The van der Waals surface area contributed by atoms with E-state index < -0.39 is 9.84 Å². The van der Waals surface area contributed by atoms with Crippen molar-refractivity contribution in [2.24, 2.45) is 5.92 Å². The van der Waals surface area contributed by atoms with Crippen LogP contribution in [0, 0.1) is 5.92 Å². The first kappa shape index (κ1) is 13.3. The maximum absolute atomic E-state index is 12.1. The largest absolute Gasteiger partial charge is 0.374 e. The van der Waals surface area contributed by atoms with Gasteiger partial charge in [0.1, 0.15) is 0 Å². The summed E-state index contributed by atoms with van der Waals surface area (Å²) < 4.78 is 28.1. The number of carbonyl (C=O) groups is 1. The summed E-state index contributed by atoms with van der Waals surface area (Å²) in [4.78, 5) is 13.9. The summed E-state index contributed by atoms with van der Waals surface area (Å²) in [5.41, 5.74) is 0. The molecule has 2 aliphatic heterocycles. The number of nitrogens with zero attached hydrogens (tertiary/aromatic N) is 1. The SMILES string of the molecule is O=C(C1CCS(=O)(=O)C1)N1CCOC(CBr)C1. The Labute approximate surface area is 110 Å². The van der Waals surface area contributed by atoms with Gasteiger partial charge >= 0.3 is 0 Å². The Kier molecular flexibility index (Phi) is 4.10. The van der Waals surface area contributed by atoms with Crippen LogP contribution in [0.4, 0.5) is 0 Å². The summed E-state index contributed by atoms with van der Waals surface area (Å²) in [5, 5.41) is 0.694. The quantitative estimate of drug-likeness (QED) is 0.673. The van der Waals surface area contributed by atoms with Crippen LogP contribution in [0.1, 0.15) is 6.42 Å². The highest BCUT2D eigenvalue weighted by Gasteiger charge is 2.36. The number of hydrogen-bond acceptors (Lipinski definition) is 4. The first-order valence-electron chi connectivity index (χ1n) is 5.68. The van der Waals surface area contributed by atoms with Gasteiger partial charge in [-0.1, -0.05) is 15.9 Å². The zero-order valence-corrected chi connectivity index (χ0v) is 11.9. The second-order valence-electron chi connectivity index (χ2n) is 4.53. The molecule has 0 spiro atoms. The lowest BCUT2D eigenvalue weighted by molar-refractivity contribution is -0.141. The van der Waals surface area contributed by atoms with Gasteiger partial charge in [-0.15, -0.1) is 0 Å². The molecule has 0 aromatic heterocycles. The molecule has 0 aliphatic carbocycles. The maximum atomic E-state index is 12.1. The fraction of sp³-hybridized carbons (Fsp3) is 0.900. The molecule has 2 unspecified atom stereocenters. The van der Waals surface area contributed by atoms with E-state index >= 15 is 0 Å². The monoisotopic (exact) mass is 325 g/mol. The molecule has 1 amide bonds. The number of halogens is 1. The number of alkyl halides is 1. The van der Waals surface area contributed by atoms with Crippen LogP contribution in [0.15, 0.2) is 0 Å². The van der Waals surface area contributed by atoms with Crippen LogP contribution >= 0.6 is 15.9 Å². The van der Waals surface area contributed by atoms with E-state index in [9.17, 15) is 13.2 Å². The van der Waals surface area contributed by atoms with E-state index in [1.165, 1.54) is 0 Å². The van der Waals surface area contributed by atoms with Crippen molar-refractivity contribution in [1.29, 1.82) is 0 Å². The van der Waals surface area contributed by atoms with Gasteiger partial charge in [0.25, 0.3) is 0 Å². The predicted octanol–water partition coefficient (Wildman–Crippen LogP) is 0.0434. The van der Waals surface area contributed by atoms with Crippen LogP contribution in [-0.2, 0) is 19.4 Å². The fourth-order valence-electron chi connectivity index (χ4n) is 2.26. The van der Waals surface area contributed by atoms with Gasteiger partial charge in [0.2, 0.25) is 5.91 Å². The summed E-state index contributed by atoms with van der Waals surface area (Å²) in [6.07, 6.45) is 0.489. The number of morpholine rings is 1. The minimum atomic E-state index is -2.99. The molecule has 2 heterocycles. The van der Waals surface area contributed by atoms with Crippen LogP contribution in [0.5, 0.6) is 0 Å². The van der Waals surface area contributed by atoms with E-state index in [1.807, 2.05) is 0 Å². The lowest BCUT2D eigenvalue weighted by Gasteiger charge is -2.33. The normalized spacial score (nSPS) is 32.6. The molecule has 98 valence electrons. The van der Waals surface area contributed by atoms with Gasteiger partial charge in [0, 0.05) is 18.4 Å². The van der Waals surface area contributed by atoms with Crippen LogP contribution in [0.25, 0.3) is 0 Å².